The number of hydrogen-bond donors (Lipinski definition) is 0. The van der Waals surface area contributed by atoms with Crippen LogP contribution in [0.15, 0.2) is 85.5 Å². The van der Waals surface area contributed by atoms with E-state index in [2.05, 4.69) is 69.5 Å². The van der Waals surface area contributed by atoms with Crippen molar-refractivity contribution in [2.24, 2.45) is 0 Å². The highest BCUT2D eigenvalue weighted by Crippen LogP contribution is 2.47. The summed E-state index contributed by atoms with van der Waals surface area (Å²) < 4.78 is 0. The van der Waals surface area contributed by atoms with E-state index in [1.807, 2.05) is 30.9 Å². The largest absolute Gasteiger partial charge is 0.332 e. The molecule has 0 aliphatic carbocycles. The maximum atomic E-state index is 4.34. The van der Waals surface area contributed by atoms with E-state index in [0.29, 0.717) is 0 Å². The molecule has 0 amide bonds. The van der Waals surface area contributed by atoms with Crippen LogP contribution < -0.4 is 4.90 Å². The molecular formula is C22H17N3. The van der Waals surface area contributed by atoms with Gasteiger partial charge in [0.05, 0.1) is 17.9 Å². The summed E-state index contributed by atoms with van der Waals surface area (Å²) >= 11 is 0. The van der Waals surface area contributed by atoms with Gasteiger partial charge in [-0.1, -0.05) is 30.3 Å². The molecule has 0 spiro atoms. The molecule has 0 fully saturated rings. The normalized spacial score (nSPS) is 16.2. The standard InChI is InChI=1S/C22H17N3/c1-2-6-19-16(4-1)7-8-21-20(19)14-22(17-9-12-23-13-10-17)25(21)18-5-3-11-24-15-18/h1-13,15,22H,14H2. The van der Waals surface area contributed by atoms with Gasteiger partial charge in [-0.25, -0.2) is 0 Å². The monoisotopic (exact) mass is 323 g/mol. The van der Waals surface area contributed by atoms with E-state index in [-0.39, 0.29) is 6.04 Å². The highest BCUT2D eigenvalue weighted by atomic mass is 15.2. The summed E-state index contributed by atoms with van der Waals surface area (Å²) in [4.78, 5) is 10.9. The van der Waals surface area contributed by atoms with E-state index in [1.165, 1.54) is 27.6 Å². The molecule has 0 saturated heterocycles. The van der Waals surface area contributed by atoms with Gasteiger partial charge >= 0.3 is 0 Å². The predicted molar refractivity (Wildman–Crippen MR) is 101 cm³/mol. The summed E-state index contributed by atoms with van der Waals surface area (Å²) in [5.41, 5.74) is 5.08. The Morgan fingerprint density at radius 3 is 2.52 bits per heavy atom. The Morgan fingerprint density at radius 1 is 0.800 bits per heavy atom. The third-order valence-electron chi connectivity index (χ3n) is 5.00. The molecule has 25 heavy (non-hydrogen) atoms. The predicted octanol–water partition coefficient (Wildman–Crippen LogP) is 5.07. The second-order valence-corrected chi connectivity index (χ2v) is 6.37. The van der Waals surface area contributed by atoms with Crippen LogP contribution in [0.5, 0.6) is 0 Å². The van der Waals surface area contributed by atoms with Gasteiger partial charge in [-0.3, -0.25) is 9.97 Å². The maximum absolute atomic E-state index is 4.34. The lowest BCUT2D eigenvalue weighted by Crippen LogP contribution is -2.19. The molecular weight excluding hydrogens is 306 g/mol. The number of hydrogen-bond acceptors (Lipinski definition) is 3. The zero-order chi connectivity index (χ0) is 16.6. The van der Waals surface area contributed by atoms with Crippen LogP contribution in [0.1, 0.15) is 17.2 Å². The maximum Gasteiger partial charge on any atom is 0.0634 e. The molecule has 1 atom stereocenters. The Balaban J connectivity index is 1.74. The van der Waals surface area contributed by atoms with Gasteiger partial charge in [-0.15, -0.1) is 0 Å². The van der Waals surface area contributed by atoms with E-state index < -0.39 is 0 Å². The molecule has 0 N–H and O–H groups in total. The van der Waals surface area contributed by atoms with Crippen LogP contribution in [0, 0.1) is 0 Å². The van der Waals surface area contributed by atoms with Crippen molar-refractivity contribution in [1.82, 2.24) is 9.97 Å². The molecule has 3 nitrogen and oxygen atoms in total. The summed E-state index contributed by atoms with van der Waals surface area (Å²) in [6, 6.07) is 21.7. The number of rotatable bonds is 2. The van der Waals surface area contributed by atoms with E-state index in [0.717, 1.165) is 12.1 Å². The minimum atomic E-state index is 0.257. The molecule has 1 unspecified atom stereocenters. The van der Waals surface area contributed by atoms with Crippen LogP contribution in [0.2, 0.25) is 0 Å². The molecule has 5 rings (SSSR count). The van der Waals surface area contributed by atoms with E-state index in [1.54, 1.807) is 0 Å². The van der Waals surface area contributed by atoms with Crippen LogP contribution in [-0.4, -0.2) is 9.97 Å². The Hall–Kier alpha value is -3.20. The number of aromatic nitrogens is 2. The SMILES string of the molecule is c1cncc(N2c3ccc4ccccc4c3CC2c2ccncc2)c1. The average molecular weight is 323 g/mol. The fourth-order valence-electron chi connectivity index (χ4n) is 3.88. The van der Waals surface area contributed by atoms with Gasteiger partial charge in [0.25, 0.3) is 0 Å². The molecule has 0 bridgehead atoms. The molecule has 1 aliphatic heterocycles. The zero-order valence-corrected chi connectivity index (χ0v) is 13.7. The smallest absolute Gasteiger partial charge is 0.0634 e. The van der Waals surface area contributed by atoms with Crippen LogP contribution in [0.4, 0.5) is 11.4 Å². The van der Waals surface area contributed by atoms with Crippen LogP contribution in [-0.2, 0) is 6.42 Å². The number of anilines is 2. The first-order chi connectivity index (χ1) is 12.4. The summed E-state index contributed by atoms with van der Waals surface area (Å²) in [6.45, 7) is 0. The molecule has 120 valence electrons. The van der Waals surface area contributed by atoms with Crippen molar-refractivity contribution in [1.29, 1.82) is 0 Å². The fourth-order valence-corrected chi connectivity index (χ4v) is 3.88. The molecule has 3 heteroatoms. The summed E-state index contributed by atoms with van der Waals surface area (Å²) in [5.74, 6) is 0. The first-order valence-electron chi connectivity index (χ1n) is 8.51. The van der Waals surface area contributed by atoms with Crippen molar-refractivity contribution >= 4 is 22.1 Å². The van der Waals surface area contributed by atoms with Gasteiger partial charge < -0.3 is 4.90 Å². The highest BCUT2D eigenvalue weighted by Gasteiger charge is 2.32. The third-order valence-corrected chi connectivity index (χ3v) is 5.00. The molecule has 2 aromatic heterocycles. The number of pyridine rings is 2. The van der Waals surface area contributed by atoms with Crippen LogP contribution >= 0.6 is 0 Å². The van der Waals surface area contributed by atoms with Gasteiger partial charge in [0.15, 0.2) is 0 Å². The van der Waals surface area contributed by atoms with Crippen molar-refractivity contribution in [2.45, 2.75) is 12.5 Å². The van der Waals surface area contributed by atoms with Crippen molar-refractivity contribution in [3.8, 4) is 0 Å². The second kappa shape index (κ2) is 5.71. The Morgan fingerprint density at radius 2 is 1.68 bits per heavy atom. The molecule has 0 saturated carbocycles. The summed E-state index contributed by atoms with van der Waals surface area (Å²) in [5, 5.41) is 2.63. The lowest BCUT2D eigenvalue weighted by atomic mass is 9.99. The molecule has 4 aromatic rings. The second-order valence-electron chi connectivity index (χ2n) is 6.37. The topological polar surface area (TPSA) is 29.0 Å². The van der Waals surface area contributed by atoms with Crippen molar-refractivity contribution in [3.63, 3.8) is 0 Å². The van der Waals surface area contributed by atoms with Crippen LogP contribution in [0.25, 0.3) is 10.8 Å². The first kappa shape index (κ1) is 14.2. The molecule has 0 radical (unpaired) electrons. The highest BCUT2D eigenvalue weighted by molar-refractivity contribution is 5.93. The zero-order valence-electron chi connectivity index (χ0n) is 13.7. The van der Waals surface area contributed by atoms with Crippen molar-refractivity contribution in [2.75, 3.05) is 4.90 Å². The fraction of sp³-hybridized carbons (Fsp3) is 0.0909. The van der Waals surface area contributed by atoms with Crippen molar-refractivity contribution in [3.05, 3.63) is 96.6 Å². The number of fused-ring (bicyclic) bond motifs is 3. The van der Waals surface area contributed by atoms with Gasteiger partial charge in [0, 0.05) is 24.3 Å². The third kappa shape index (κ3) is 2.28. The van der Waals surface area contributed by atoms with E-state index >= 15 is 0 Å². The number of benzene rings is 2. The van der Waals surface area contributed by atoms with E-state index in [4.69, 9.17) is 0 Å². The molecule has 3 heterocycles. The summed E-state index contributed by atoms with van der Waals surface area (Å²) in [7, 11) is 0. The van der Waals surface area contributed by atoms with Gasteiger partial charge in [-0.2, -0.15) is 0 Å². The van der Waals surface area contributed by atoms with Gasteiger partial charge in [-0.05, 0) is 58.7 Å². The minimum absolute atomic E-state index is 0.257. The minimum Gasteiger partial charge on any atom is -0.332 e. The number of nitrogens with zero attached hydrogens (tertiary/aromatic N) is 3. The van der Waals surface area contributed by atoms with E-state index in [9.17, 15) is 0 Å². The van der Waals surface area contributed by atoms with Gasteiger partial charge in [0.1, 0.15) is 0 Å². The lowest BCUT2D eigenvalue weighted by molar-refractivity contribution is 0.741. The first-order valence-corrected chi connectivity index (χ1v) is 8.51. The quantitative estimate of drug-likeness (QED) is 0.516. The molecule has 2 aromatic carbocycles. The molecule has 1 aliphatic rings. The lowest BCUT2D eigenvalue weighted by Gasteiger charge is -2.27. The van der Waals surface area contributed by atoms with Crippen LogP contribution in [0.3, 0.4) is 0 Å². The van der Waals surface area contributed by atoms with Gasteiger partial charge in [0.2, 0.25) is 0 Å². The Labute approximate surface area is 146 Å². The van der Waals surface area contributed by atoms with Crippen molar-refractivity contribution < 1.29 is 0 Å². The summed E-state index contributed by atoms with van der Waals surface area (Å²) in [6.07, 6.45) is 8.49. The Kier molecular flexibility index (Phi) is 3.23. The average Bonchev–Trinajstić information content (AvgIpc) is 3.09. The Bertz CT molecular complexity index is 1030.